The summed E-state index contributed by atoms with van der Waals surface area (Å²) in [6.45, 7) is 0. The van der Waals surface area contributed by atoms with Gasteiger partial charge < -0.3 is 10.1 Å². The lowest BCUT2D eigenvalue weighted by Gasteiger charge is -2.19. The first-order valence-electron chi connectivity index (χ1n) is 6.61. The van der Waals surface area contributed by atoms with E-state index in [1.54, 1.807) is 7.11 Å². The molecule has 2 aromatic rings. The van der Waals surface area contributed by atoms with Gasteiger partial charge in [0.15, 0.2) is 0 Å². The van der Waals surface area contributed by atoms with Crippen LogP contribution in [0.15, 0.2) is 30.5 Å². The van der Waals surface area contributed by atoms with Crippen LogP contribution in [0.25, 0.3) is 10.9 Å². The predicted octanol–water partition coefficient (Wildman–Crippen LogP) is 3.82. The zero-order valence-corrected chi connectivity index (χ0v) is 11.7. The standard InChI is InChI=1S/C15H17ClN2O/c1-19-11-8-10-4-3-7-17-15(10)14(9-11)18-13-6-2-5-12(13)16/h3-4,7-9,12-13,18H,2,5-6H2,1H3. The lowest BCUT2D eigenvalue weighted by atomic mass is 10.1. The first-order chi connectivity index (χ1) is 9.28. The van der Waals surface area contributed by atoms with Gasteiger partial charge in [-0.05, 0) is 31.4 Å². The monoisotopic (exact) mass is 276 g/mol. The second-order valence-corrected chi connectivity index (χ2v) is 5.51. The van der Waals surface area contributed by atoms with E-state index in [-0.39, 0.29) is 5.38 Å². The highest BCUT2D eigenvalue weighted by Gasteiger charge is 2.25. The van der Waals surface area contributed by atoms with Gasteiger partial charge in [0.2, 0.25) is 0 Å². The fraction of sp³-hybridized carbons (Fsp3) is 0.400. The van der Waals surface area contributed by atoms with Crippen LogP contribution in [0.5, 0.6) is 5.75 Å². The van der Waals surface area contributed by atoms with Gasteiger partial charge in [-0.3, -0.25) is 4.98 Å². The predicted molar refractivity (Wildman–Crippen MR) is 79.2 cm³/mol. The van der Waals surface area contributed by atoms with E-state index in [1.807, 2.05) is 30.5 Å². The van der Waals surface area contributed by atoms with E-state index in [9.17, 15) is 0 Å². The Morgan fingerprint density at radius 2 is 2.26 bits per heavy atom. The highest BCUT2D eigenvalue weighted by Crippen LogP contribution is 2.32. The number of aromatic nitrogens is 1. The third-order valence-corrected chi connectivity index (χ3v) is 4.21. The Balaban J connectivity index is 2.00. The summed E-state index contributed by atoms with van der Waals surface area (Å²) in [7, 11) is 1.68. The largest absolute Gasteiger partial charge is 0.497 e. The minimum Gasteiger partial charge on any atom is -0.497 e. The van der Waals surface area contributed by atoms with Gasteiger partial charge in [-0.1, -0.05) is 6.07 Å². The van der Waals surface area contributed by atoms with Crippen molar-refractivity contribution in [3.8, 4) is 5.75 Å². The smallest absolute Gasteiger partial charge is 0.121 e. The molecule has 0 bridgehead atoms. The van der Waals surface area contributed by atoms with Crippen LogP contribution in [0.4, 0.5) is 5.69 Å². The van der Waals surface area contributed by atoms with Gasteiger partial charge in [-0.2, -0.15) is 0 Å². The number of methoxy groups -OCH3 is 1. The highest BCUT2D eigenvalue weighted by molar-refractivity contribution is 6.21. The molecule has 1 aliphatic carbocycles. The van der Waals surface area contributed by atoms with Gasteiger partial charge in [0, 0.05) is 23.7 Å². The molecule has 0 spiro atoms. The minimum absolute atomic E-state index is 0.199. The van der Waals surface area contributed by atoms with E-state index >= 15 is 0 Å². The molecule has 2 atom stereocenters. The van der Waals surface area contributed by atoms with Crippen LogP contribution in [-0.2, 0) is 0 Å². The van der Waals surface area contributed by atoms with Crippen LogP contribution in [0.1, 0.15) is 19.3 Å². The van der Waals surface area contributed by atoms with Crippen LogP contribution in [0.3, 0.4) is 0 Å². The number of pyridine rings is 1. The minimum atomic E-state index is 0.199. The molecule has 0 aliphatic heterocycles. The summed E-state index contributed by atoms with van der Waals surface area (Å²) >= 11 is 6.34. The molecule has 1 fully saturated rings. The number of hydrogen-bond donors (Lipinski definition) is 1. The van der Waals surface area contributed by atoms with Crippen molar-refractivity contribution in [3.05, 3.63) is 30.5 Å². The van der Waals surface area contributed by atoms with Crippen molar-refractivity contribution < 1.29 is 4.74 Å². The van der Waals surface area contributed by atoms with E-state index in [0.717, 1.165) is 35.2 Å². The first kappa shape index (κ1) is 12.5. The van der Waals surface area contributed by atoms with Gasteiger partial charge >= 0.3 is 0 Å². The SMILES string of the molecule is COc1cc(NC2CCCC2Cl)c2ncccc2c1. The first-order valence-corrected chi connectivity index (χ1v) is 7.05. The number of alkyl halides is 1. The lowest BCUT2D eigenvalue weighted by molar-refractivity contribution is 0.415. The number of anilines is 1. The van der Waals surface area contributed by atoms with E-state index in [4.69, 9.17) is 16.3 Å². The van der Waals surface area contributed by atoms with Crippen LogP contribution >= 0.6 is 11.6 Å². The topological polar surface area (TPSA) is 34.1 Å². The number of rotatable bonds is 3. The number of halogens is 1. The molecule has 0 amide bonds. The Bertz CT molecular complexity index is 587. The number of fused-ring (bicyclic) bond motifs is 1. The van der Waals surface area contributed by atoms with Crippen molar-refractivity contribution >= 4 is 28.2 Å². The van der Waals surface area contributed by atoms with E-state index in [2.05, 4.69) is 10.3 Å². The van der Waals surface area contributed by atoms with Crippen LogP contribution < -0.4 is 10.1 Å². The molecule has 19 heavy (non-hydrogen) atoms. The van der Waals surface area contributed by atoms with Crippen LogP contribution in [-0.4, -0.2) is 23.5 Å². The summed E-state index contributed by atoms with van der Waals surface area (Å²) in [6.07, 6.45) is 5.18. The van der Waals surface area contributed by atoms with Crippen molar-refractivity contribution in [1.29, 1.82) is 0 Å². The average molecular weight is 277 g/mol. The van der Waals surface area contributed by atoms with Crippen molar-refractivity contribution in [1.82, 2.24) is 4.98 Å². The molecule has 1 aliphatic rings. The molecule has 100 valence electrons. The van der Waals surface area contributed by atoms with Crippen molar-refractivity contribution in [3.63, 3.8) is 0 Å². The molecule has 2 unspecified atom stereocenters. The Labute approximate surface area is 117 Å². The Morgan fingerprint density at radius 1 is 1.37 bits per heavy atom. The molecule has 1 saturated carbocycles. The van der Waals surface area contributed by atoms with Crippen LogP contribution in [0.2, 0.25) is 0 Å². The summed E-state index contributed by atoms with van der Waals surface area (Å²) in [4.78, 5) is 4.46. The van der Waals surface area contributed by atoms with Gasteiger partial charge in [-0.15, -0.1) is 11.6 Å². The molecule has 4 heteroatoms. The van der Waals surface area contributed by atoms with Gasteiger partial charge in [-0.25, -0.2) is 0 Å². The lowest BCUT2D eigenvalue weighted by Crippen LogP contribution is -2.24. The number of nitrogens with one attached hydrogen (secondary N) is 1. The molecule has 1 N–H and O–H groups in total. The molecular formula is C15H17ClN2O. The van der Waals surface area contributed by atoms with E-state index < -0.39 is 0 Å². The van der Waals surface area contributed by atoms with Crippen LogP contribution in [0, 0.1) is 0 Å². The average Bonchev–Trinajstić information content (AvgIpc) is 2.84. The summed E-state index contributed by atoms with van der Waals surface area (Å²) in [5.74, 6) is 0.840. The number of nitrogens with zero attached hydrogens (tertiary/aromatic N) is 1. The summed E-state index contributed by atoms with van der Waals surface area (Å²) in [6, 6.07) is 8.30. The molecule has 0 saturated heterocycles. The fourth-order valence-corrected chi connectivity index (χ4v) is 3.01. The maximum Gasteiger partial charge on any atom is 0.121 e. The van der Waals surface area contributed by atoms with Crippen molar-refractivity contribution in [2.75, 3.05) is 12.4 Å². The Hall–Kier alpha value is -1.48. The van der Waals surface area contributed by atoms with Crippen molar-refractivity contribution in [2.24, 2.45) is 0 Å². The van der Waals surface area contributed by atoms with E-state index in [1.165, 1.54) is 6.42 Å². The third kappa shape index (κ3) is 2.47. The molecule has 1 aromatic carbocycles. The number of ether oxygens (including phenoxy) is 1. The summed E-state index contributed by atoms with van der Waals surface area (Å²) in [5.41, 5.74) is 1.98. The fourth-order valence-electron chi connectivity index (χ4n) is 2.67. The summed E-state index contributed by atoms with van der Waals surface area (Å²) in [5, 5.41) is 4.81. The van der Waals surface area contributed by atoms with Crippen molar-refractivity contribution in [2.45, 2.75) is 30.7 Å². The quantitative estimate of drug-likeness (QED) is 0.866. The summed E-state index contributed by atoms with van der Waals surface area (Å²) < 4.78 is 5.35. The molecule has 1 aromatic heterocycles. The zero-order chi connectivity index (χ0) is 13.2. The molecular weight excluding hydrogens is 260 g/mol. The maximum atomic E-state index is 6.34. The Kier molecular flexibility index (Phi) is 3.47. The van der Waals surface area contributed by atoms with Gasteiger partial charge in [0.1, 0.15) is 5.75 Å². The second-order valence-electron chi connectivity index (χ2n) is 4.95. The third-order valence-electron chi connectivity index (χ3n) is 3.69. The molecule has 1 heterocycles. The maximum absolute atomic E-state index is 6.34. The number of benzene rings is 1. The number of hydrogen-bond acceptors (Lipinski definition) is 3. The van der Waals surface area contributed by atoms with Gasteiger partial charge in [0.05, 0.1) is 23.7 Å². The second kappa shape index (κ2) is 5.25. The molecule has 3 rings (SSSR count). The highest BCUT2D eigenvalue weighted by atomic mass is 35.5. The molecule has 3 nitrogen and oxygen atoms in total. The zero-order valence-electron chi connectivity index (χ0n) is 10.9. The Morgan fingerprint density at radius 3 is 3.00 bits per heavy atom. The normalized spacial score (nSPS) is 22.6. The van der Waals surface area contributed by atoms with Gasteiger partial charge in [0.25, 0.3) is 0 Å². The van der Waals surface area contributed by atoms with E-state index in [0.29, 0.717) is 6.04 Å². The molecule has 0 radical (unpaired) electrons.